The van der Waals surface area contributed by atoms with E-state index in [-0.39, 0.29) is 18.7 Å². The van der Waals surface area contributed by atoms with Gasteiger partial charge in [0.1, 0.15) is 23.7 Å². The Kier molecular flexibility index (Phi) is 7.21. The van der Waals surface area contributed by atoms with Crippen molar-refractivity contribution in [2.24, 2.45) is 0 Å². The summed E-state index contributed by atoms with van der Waals surface area (Å²) >= 11 is 0. The number of ether oxygens (including phenoxy) is 2. The highest BCUT2D eigenvalue weighted by Crippen LogP contribution is 2.20. The molecule has 0 bridgehead atoms. The number of carbonyl (C=O) groups is 3. The van der Waals surface area contributed by atoms with Gasteiger partial charge in [-0.1, -0.05) is 42.5 Å². The van der Waals surface area contributed by atoms with E-state index in [0.717, 1.165) is 5.56 Å². The molecule has 0 atom stereocenters. The first-order valence-electron chi connectivity index (χ1n) is 9.15. The van der Waals surface area contributed by atoms with Gasteiger partial charge in [0.15, 0.2) is 6.61 Å². The molecule has 0 aliphatic rings. The van der Waals surface area contributed by atoms with Crippen LogP contribution in [0.1, 0.15) is 21.7 Å². The molecule has 0 spiro atoms. The molecule has 1 aromatic heterocycles. The van der Waals surface area contributed by atoms with E-state index in [1.165, 1.54) is 12.3 Å². The smallest absolute Gasteiger partial charge is 0.342 e. The number of carbonyl (C=O) groups excluding carboxylic acids is 3. The van der Waals surface area contributed by atoms with Gasteiger partial charge in [-0.3, -0.25) is 10.1 Å². The fourth-order valence-corrected chi connectivity index (χ4v) is 2.49. The zero-order valence-corrected chi connectivity index (χ0v) is 16.0. The molecule has 8 nitrogen and oxygen atoms in total. The molecule has 0 saturated carbocycles. The molecular weight excluding hydrogens is 388 g/mol. The second-order valence-electron chi connectivity index (χ2n) is 6.16. The normalized spacial score (nSPS) is 10.1. The number of amides is 3. The first kappa shape index (κ1) is 20.7. The molecule has 0 aliphatic carbocycles. The predicted molar refractivity (Wildman–Crippen MR) is 107 cm³/mol. The van der Waals surface area contributed by atoms with E-state index >= 15 is 0 Å². The summed E-state index contributed by atoms with van der Waals surface area (Å²) in [7, 11) is 0. The fraction of sp³-hybridized carbons (Fsp3) is 0.136. The van der Waals surface area contributed by atoms with Crippen molar-refractivity contribution in [3.8, 4) is 5.75 Å². The standard InChI is InChI=1S/C22H20N2O6/c25-20(24-22(27)23-13-17-9-6-12-28-17)15-30-21(26)18-10-4-5-11-19(18)29-14-16-7-2-1-3-8-16/h1-12H,13-15H2,(H2,23,24,25,27). The Labute approximate surface area is 172 Å². The van der Waals surface area contributed by atoms with Crippen LogP contribution in [0.5, 0.6) is 5.75 Å². The molecule has 0 unspecified atom stereocenters. The molecule has 3 aromatic rings. The minimum Gasteiger partial charge on any atom is -0.488 e. The van der Waals surface area contributed by atoms with Crippen LogP contribution in [-0.4, -0.2) is 24.5 Å². The summed E-state index contributed by atoms with van der Waals surface area (Å²) in [4.78, 5) is 35.9. The van der Waals surface area contributed by atoms with Gasteiger partial charge < -0.3 is 19.2 Å². The van der Waals surface area contributed by atoms with Gasteiger partial charge in [-0.25, -0.2) is 9.59 Å². The van der Waals surface area contributed by atoms with Crippen LogP contribution >= 0.6 is 0 Å². The van der Waals surface area contributed by atoms with Crippen LogP contribution in [0.25, 0.3) is 0 Å². The Hall–Kier alpha value is -4.07. The monoisotopic (exact) mass is 408 g/mol. The van der Waals surface area contributed by atoms with Crippen LogP contribution in [0, 0.1) is 0 Å². The van der Waals surface area contributed by atoms with E-state index in [1.54, 1.807) is 30.3 Å². The second-order valence-corrected chi connectivity index (χ2v) is 6.16. The SMILES string of the molecule is O=C(COC(=O)c1ccccc1OCc1ccccc1)NC(=O)NCc1ccco1. The Bertz CT molecular complexity index is 986. The molecule has 30 heavy (non-hydrogen) atoms. The maximum atomic E-state index is 12.4. The summed E-state index contributed by atoms with van der Waals surface area (Å²) in [5.74, 6) is -0.619. The van der Waals surface area contributed by atoms with E-state index in [2.05, 4.69) is 10.6 Å². The number of para-hydroxylation sites is 1. The van der Waals surface area contributed by atoms with Crippen molar-refractivity contribution < 1.29 is 28.3 Å². The summed E-state index contributed by atoms with van der Waals surface area (Å²) in [6, 6.07) is 18.7. The first-order valence-corrected chi connectivity index (χ1v) is 9.15. The number of nitrogens with one attached hydrogen (secondary N) is 2. The number of imide groups is 1. The number of urea groups is 1. The van der Waals surface area contributed by atoms with E-state index < -0.39 is 24.5 Å². The third kappa shape index (κ3) is 6.23. The van der Waals surface area contributed by atoms with Crippen molar-refractivity contribution in [2.45, 2.75) is 13.2 Å². The van der Waals surface area contributed by atoms with Crippen molar-refractivity contribution in [2.75, 3.05) is 6.61 Å². The largest absolute Gasteiger partial charge is 0.488 e. The zero-order valence-electron chi connectivity index (χ0n) is 16.0. The fourth-order valence-electron chi connectivity index (χ4n) is 2.49. The van der Waals surface area contributed by atoms with Gasteiger partial charge in [0.2, 0.25) is 0 Å². The Balaban J connectivity index is 1.47. The number of hydrogen-bond acceptors (Lipinski definition) is 6. The zero-order chi connectivity index (χ0) is 21.2. The molecular formula is C22H20N2O6. The van der Waals surface area contributed by atoms with Gasteiger partial charge in [-0.05, 0) is 29.8 Å². The summed E-state index contributed by atoms with van der Waals surface area (Å²) < 4.78 is 15.8. The minimum absolute atomic E-state index is 0.123. The van der Waals surface area contributed by atoms with Crippen molar-refractivity contribution in [3.05, 3.63) is 89.9 Å². The number of hydrogen-bond donors (Lipinski definition) is 2. The van der Waals surface area contributed by atoms with Crippen LogP contribution in [0.15, 0.2) is 77.4 Å². The van der Waals surface area contributed by atoms with Gasteiger partial charge in [-0.2, -0.15) is 0 Å². The van der Waals surface area contributed by atoms with Crippen LogP contribution in [0.2, 0.25) is 0 Å². The minimum atomic E-state index is -0.761. The molecule has 0 aliphatic heterocycles. The Morgan fingerprint density at radius 1 is 0.900 bits per heavy atom. The highest BCUT2D eigenvalue weighted by atomic mass is 16.5. The lowest BCUT2D eigenvalue weighted by Crippen LogP contribution is -2.41. The van der Waals surface area contributed by atoms with Gasteiger partial charge in [0.05, 0.1) is 12.8 Å². The molecule has 2 N–H and O–H groups in total. The summed E-state index contributed by atoms with van der Waals surface area (Å²) in [5.41, 5.74) is 1.13. The third-order valence-corrected chi connectivity index (χ3v) is 3.93. The topological polar surface area (TPSA) is 107 Å². The molecule has 0 radical (unpaired) electrons. The number of benzene rings is 2. The van der Waals surface area contributed by atoms with Gasteiger partial charge in [0, 0.05) is 0 Å². The van der Waals surface area contributed by atoms with Crippen LogP contribution in [0.4, 0.5) is 4.79 Å². The van der Waals surface area contributed by atoms with Crippen molar-refractivity contribution in [1.29, 1.82) is 0 Å². The average Bonchev–Trinajstić information content (AvgIpc) is 3.29. The predicted octanol–water partition coefficient (Wildman–Crippen LogP) is 3.04. The Morgan fingerprint density at radius 3 is 2.43 bits per heavy atom. The van der Waals surface area contributed by atoms with E-state index in [0.29, 0.717) is 11.5 Å². The van der Waals surface area contributed by atoms with Crippen LogP contribution in [-0.2, 0) is 22.7 Å². The molecule has 154 valence electrons. The molecule has 0 saturated heterocycles. The maximum absolute atomic E-state index is 12.4. The highest BCUT2D eigenvalue weighted by Gasteiger charge is 2.16. The Morgan fingerprint density at radius 2 is 1.67 bits per heavy atom. The summed E-state index contributed by atoms with van der Waals surface area (Å²) in [5, 5.41) is 4.52. The van der Waals surface area contributed by atoms with E-state index in [4.69, 9.17) is 13.9 Å². The van der Waals surface area contributed by atoms with Crippen molar-refractivity contribution in [1.82, 2.24) is 10.6 Å². The number of furan rings is 1. The van der Waals surface area contributed by atoms with E-state index in [9.17, 15) is 14.4 Å². The van der Waals surface area contributed by atoms with Crippen LogP contribution in [0.3, 0.4) is 0 Å². The van der Waals surface area contributed by atoms with E-state index in [1.807, 2.05) is 30.3 Å². The molecule has 0 fully saturated rings. The molecule has 8 heteroatoms. The lowest BCUT2D eigenvalue weighted by atomic mass is 10.2. The number of rotatable bonds is 8. The molecule has 3 amide bonds. The summed E-state index contributed by atoms with van der Waals surface area (Å²) in [6.07, 6.45) is 1.47. The number of esters is 1. The second kappa shape index (κ2) is 10.5. The van der Waals surface area contributed by atoms with Crippen molar-refractivity contribution in [3.63, 3.8) is 0 Å². The first-order chi connectivity index (χ1) is 14.6. The molecule has 3 rings (SSSR count). The van der Waals surface area contributed by atoms with Crippen LogP contribution < -0.4 is 15.4 Å². The molecule has 2 aromatic carbocycles. The maximum Gasteiger partial charge on any atom is 0.342 e. The van der Waals surface area contributed by atoms with Gasteiger partial charge in [0.25, 0.3) is 5.91 Å². The molecule has 1 heterocycles. The summed E-state index contributed by atoms with van der Waals surface area (Å²) in [6.45, 7) is -0.209. The lowest BCUT2D eigenvalue weighted by molar-refractivity contribution is -0.123. The van der Waals surface area contributed by atoms with Gasteiger partial charge >= 0.3 is 12.0 Å². The highest BCUT2D eigenvalue weighted by molar-refractivity contribution is 5.97. The van der Waals surface area contributed by atoms with Crippen molar-refractivity contribution >= 4 is 17.9 Å². The lowest BCUT2D eigenvalue weighted by Gasteiger charge is -2.11. The average molecular weight is 408 g/mol. The third-order valence-electron chi connectivity index (χ3n) is 3.93. The quantitative estimate of drug-likeness (QED) is 0.555. The van der Waals surface area contributed by atoms with Gasteiger partial charge in [-0.15, -0.1) is 0 Å².